The fourth-order valence-electron chi connectivity index (χ4n) is 1.87. The Labute approximate surface area is 120 Å². The molecule has 1 atom stereocenters. The molecule has 1 unspecified atom stereocenters. The highest BCUT2D eigenvalue weighted by Gasteiger charge is 2.12. The van der Waals surface area contributed by atoms with E-state index in [0.717, 1.165) is 24.3 Å². The van der Waals surface area contributed by atoms with Crippen LogP contribution in [0.25, 0.3) is 0 Å². The summed E-state index contributed by atoms with van der Waals surface area (Å²) in [4.78, 5) is 24.1. The van der Waals surface area contributed by atoms with Crippen molar-refractivity contribution in [3.63, 3.8) is 0 Å². The molecule has 5 nitrogen and oxygen atoms in total. The number of imide groups is 1. The third kappa shape index (κ3) is 6.89. The quantitative estimate of drug-likeness (QED) is 0.629. The topological polar surface area (TPSA) is 62.6 Å². The molecule has 0 heterocycles. The molecule has 1 rings (SSSR count). The number of benzene rings is 1. The highest BCUT2D eigenvalue weighted by molar-refractivity contribution is 5.94. The van der Waals surface area contributed by atoms with E-state index in [0.29, 0.717) is 6.54 Å². The lowest BCUT2D eigenvalue weighted by atomic mass is 10.2. The molecule has 3 amide bonds. The van der Waals surface area contributed by atoms with Gasteiger partial charge in [0, 0.05) is 12.1 Å². The zero-order chi connectivity index (χ0) is 14.8. The van der Waals surface area contributed by atoms with Crippen LogP contribution in [0.1, 0.15) is 25.3 Å². The lowest BCUT2D eigenvalue weighted by molar-refractivity contribution is -0.885. The van der Waals surface area contributed by atoms with E-state index in [-0.39, 0.29) is 12.5 Å². The molecule has 5 heteroatoms. The van der Waals surface area contributed by atoms with Gasteiger partial charge in [-0.25, -0.2) is 4.79 Å². The van der Waals surface area contributed by atoms with Gasteiger partial charge in [0.15, 0.2) is 6.54 Å². The van der Waals surface area contributed by atoms with Crippen LogP contribution in [0.4, 0.5) is 4.79 Å². The van der Waals surface area contributed by atoms with Crippen LogP contribution in [-0.2, 0) is 11.3 Å². The van der Waals surface area contributed by atoms with E-state index in [1.54, 1.807) is 0 Å². The fourth-order valence-corrected chi connectivity index (χ4v) is 1.87. The first-order valence-corrected chi connectivity index (χ1v) is 7.04. The molecule has 0 saturated carbocycles. The van der Waals surface area contributed by atoms with Crippen LogP contribution in [0.15, 0.2) is 30.3 Å². The lowest BCUT2D eigenvalue weighted by Crippen LogP contribution is -3.09. The minimum Gasteiger partial charge on any atom is -0.338 e. The minimum absolute atomic E-state index is 0.257. The van der Waals surface area contributed by atoms with E-state index < -0.39 is 6.03 Å². The van der Waals surface area contributed by atoms with E-state index in [4.69, 9.17) is 0 Å². The first-order valence-electron chi connectivity index (χ1n) is 7.04. The standard InChI is InChI=1S/C15H23N3O2/c1-3-4-10-16-15(20)17-14(19)12-18(2)11-13-8-6-5-7-9-13/h5-9H,3-4,10-12H2,1-2H3,(H2,16,17,19,20)/p+1. The Morgan fingerprint density at radius 1 is 1.20 bits per heavy atom. The molecule has 3 N–H and O–H groups in total. The zero-order valence-electron chi connectivity index (χ0n) is 12.2. The number of likely N-dealkylation sites (N-methyl/N-ethyl adjacent to an activating group) is 1. The van der Waals surface area contributed by atoms with E-state index in [1.165, 1.54) is 5.56 Å². The van der Waals surface area contributed by atoms with Gasteiger partial charge in [0.1, 0.15) is 6.54 Å². The van der Waals surface area contributed by atoms with Crippen LogP contribution in [0.2, 0.25) is 0 Å². The lowest BCUT2D eigenvalue weighted by Gasteiger charge is -2.13. The second-order valence-electron chi connectivity index (χ2n) is 4.95. The summed E-state index contributed by atoms with van der Waals surface area (Å²) in [6, 6.07) is 9.56. The molecule has 0 spiro atoms. The van der Waals surface area contributed by atoms with Crippen molar-refractivity contribution in [1.29, 1.82) is 0 Å². The maximum absolute atomic E-state index is 11.7. The number of hydrogen-bond acceptors (Lipinski definition) is 2. The molecule has 0 aliphatic carbocycles. The van der Waals surface area contributed by atoms with Crippen molar-refractivity contribution in [2.45, 2.75) is 26.3 Å². The molecule has 0 aromatic heterocycles. The number of unbranched alkanes of at least 4 members (excludes halogenated alkanes) is 1. The van der Waals surface area contributed by atoms with Crippen LogP contribution in [-0.4, -0.2) is 32.1 Å². The van der Waals surface area contributed by atoms with Crippen molar-refractivity contribution < 1.29 is 14.5 Å². The number of carbonyl (C=O) groups is 2. The second kappa shape index (κ2) is 9.09. The summed E-state index contributed by atoms with van der Waals surface area (Å²) in [6.07, 6.45) is 1.93. The van der Waals surface area contributed by atoms with Gasteiger partial charge in [0.2, 0.25) is 0 Å². The third-order valence-electron chi connectivity index (χ3n) is 2.88. The monoisotopic (exact) mass is 278 g/mol. The van der Waals surface area contributed by atoms with Gasteiger partial charge < -0.3 is 10.2 Å². The van der Waals surface area contributed by atoms with Gasteiger partial charge in [0.05, 0.1) is 7.05 Å². The normalized spacial score (nSPS) is 11.7. The van der Waals surface area contributed by atoms with Crippen LogP contribution in [0, 0.1) is 0 Å². The van der Waals surface area contributed by atoms with Gasteiger partial charge in [-0.15, -0.1) is 0 Å². The highest BCUT2D eigenvalue weighted by atomic mass is 16.2. The molecule has 0 radical (unpaired) electrons. The van der Waals surface area contributed by atoms with Crippen molar-refractivity contribution in [1.82, 2.24) is 10.6 Å². The Morgan fingerprint density at radius 2 is 1.90 bits per heavy atom. The summed E-state index contributed by atoms with van der Waals surface area (Å²) in [5, 5.41) is 5.00. The molecule has 20 heavy (non-hydrogen) atoms. The number of quaternary nitrogens is 1. The number of hydrogen-bond donors (Lipinski definition) is 3. The summed E-state index contributed by atoms with van der Waals surface area (Å²) in [5.41, 5.74) is 1.17. The SMILES string of the molecule is CCCCNC(=O)NC(=O)C[NH+](C)Cc1ccccc1. The predicted molar refractivity (Wildman–Crippen MR) is 78.3 cm³/mol. The van der Waals surface area contributed by atoms with Crippen LogP contribution in [0.5, 0.6) is 0 Å². The van der Waals surface area contributed by atoms with Crippen molar-refractivity contribution in [2.24, 2.45) is 0 Å². The van der Waals surface area contributed by atoms with Gasteiger partial charge in [-0.2, -0.15) is 0 Å². The van der Waals surface area contributed by atoms with Gasteiger partial charge in [-0.05, 0) is 6.42 Å². The van der Waals surface area contributed by atoms with E-state index >= 15 is 0 Å². The zero-order valence-corrected chi connectivity index (χ0v) is 12.2. The van der Waals surface area contributed by atoms with E-state index in [2.05, 4.69) is 10.6 Å². The molecule has 1 aromatic rings. The Bertz CT molecular complexity index is 420. The molecule has 0 bridgehead atoms. The van der Waals surface area contributed by atoms with Gasteiger partial charge in [-0.1, -0.05) is 43.7 Å². The average Bonchev–Trinajstić information content (AvgIpc) is 2.39. The average molecular weight is 278 g/mol. The number of nitrogens with one attached hydrogen (secondary N) is 3. The number of carbonyl (C=O) groups excluding carboxylic acids is 2. The van der Waals surface area contributed by atoms with Crippen molar-refractivity contribution >= 4 is 11.9 Å². The molecule has 0 saturated heterocycles. The highest BCUT2D eigenvalue weighted by Crippen LogP contribution is 1.94. The van der Waals surface area contributed by atoms with Gasteiger partial charge in [0.25, 0.3) is 5.91 Å². The predicted octanol–water partition coefficient (Wildman–Crippen LogP) is 0.327. The van der Waals surface area contributed by atoms with Crippen molar-refractivity contribution in [3.05, 3.63) is 35.9 Å². The fraction of sp³-hybridized carbons (Fsp3) is 0.467. The minimum atomic E-state index is -0.407. The van der Waals surface area contributed by atoms with Crippen LogP contribution >= 0.6 is 0 Å². The molecule has 0 aliphatic heterocycles. The largest absolute Gasteiger partial charge is 0.338 e. The maximum atomic E-state index is 11.7. The Kier molecular flexibility index (Phi) is 7.35. The Hall–Kier alpha value is -1.88. The summed E-state index contributed by atoms with van der Waals surface area (Å²) in [5.74, 6) is -0.257. The van der Waals surface area contributed by atoms with Gasteiger partial charge in [-0.3, -0.25) is 10.1 Å². The first kappa shape index (κ1) is 16.2. The maximum Gasteiger partial charge on any atom is 0.321 e. The smallest absolute Gasteiger partial charge is 0.321 e. The van der Waals surface area contributed by atoms with Gasteiger partial charge >= 0.3 is 6.03 Å². The van der Waals surface area contributed by atoms with E-state index in [1.807, 2.05) is 44.3 Å². The van der Waals surface area contributed by atoms with Crippen LogP contribution < -0.4 is 15.5 Å². The molecule has 110 valence electrons. The Morgan fingerprint density at radius 3 is 2.55 bits per heavy atom. The summed E-state index contributed by atoms with van der Waals surface area (Å²) < 4.78 is 0. The molecular weight excluding hydrogens is 254 g/mol. The number of rotatable bonds is 7. The summed E-state index contributed by atoms with van der Waals surface area (Å²) in [7, 11) is 1.93. The molecule has 0 fully saturated rings. The summed E-state index contributed by atoms with van der Waals surface area (Å²) in [6.45, 7) is 3.68. The molecular formula is C15H24N3O2+. The van der Waals surface area contributed by atoms with E-state index in [9.17, 15) is 9.59 Å². The van der Waals surface area contributed by atoms with Crippen molar-refractivity contribution in [3.8, 4) is 0 Å². The Balaban J connectivity index is 2.26. The first-order chi connectivity index (χ1) is 9.61. The van der Waals surface area contributed by atoms with Crippen molar-refractivity contribution in [2.75, 3.05) is 20.1 Å². The van der Waals surface area contributed by atoms with Crippen LogP contribution in [0.3, 0.4) is 0 Å². The molecule has 0 aliphatic rings. The third-order valence-corrected chi connectivity index (χ3v) is 2.88. The molecule has 1 aromatic carbocycles. The summed E-state index contributed by atoms with van der Waals surface area (Å²) >= 11 is 0. The second-order valence-corrected chi connectivity index (χ2v) is 4.95. The number of urea groups is 1. The number of amides is 3.